The van der Waals surface area contributed by atoms with Crippen LogP contribution in [-0.2, 0) is 0 Å². The lowest BCUT2D eigenvalue weighted by molar-refractivity contribution is 0.266. The van der Waals surface area contributed by atoms with E-state index in [1.165, 1.54) is 0 Å². The molecule has 0 aromatic heterocycles. The molecule has 0 saturated carbocycles. The summed E-state index contributed by atoms with van der Waals surface area (Å²) in [4.78, 5) is 2.17. The van der Waals surface area contributed by atoms with Gasteiger partial charge in [-0.3, -0.25) is 4.90 Å². The van der Waals surface area contributed by atoms with Gasteiger partial charge in [0.05, 0.1) is 0 Å². The highest BCUT2D eigenvalue weighted by atomic mass is 19.1. The fourth-order valence-corrected chi connectivity index (χ4v) is 1.47. The molecule has 0 aromatic rings. The van der Waals surface area contributed by atoms with E-state index in [1.54, 1.807) is 0 Å². The fourth-order valence-electron chi connectivity index (χ4n) is 1.47. The van der Waals surface area contributed by atoms with E-state index in [1.807, 2.05) is 0 Å². The Labute approximate surface area is 55.8 Å². The molecule has 1 aliphatic heterocycles. The van der Waals surface area contributed by atoms with E-state index >= 15 is 0 Å². The van der Waals surface area contributed by atoms with Crippen LogP contribution in [0.2, 0.25) is 0 Å². The third kappa shape index (κ3) is 1.42. The van der Waals surface area contributed by atoms with Gasteiger partial charge in [0.2, 0.25) is 0 Å². The first-order valence-corrected chi connectivity index (χ1v) is 3.62. The highest BCUT2D eigenvalue weighted by molar-refractivity contribution is 4.80. The standard InChI is InChI=1S/C7H14FN/c1-3-9-5-7(8)4-6(9)2/h6-7H,3-5H2,1-2H3. The second kappa shape index (κ2) is 2.65. The van der Waals surface area contributed by atoms with E-state index in [0.717, 1.165) is 13.0 Å². The van der Waals surface area contributed by atoms with Crippen molar-refractivity contribution in [1.29, 1.82) is 0 Å². The molecule has 2 atom stereocenters. The molecule has 9 heavy (non-hydrogen) atoms. The van der Waals surface area contributed by atoms with E-state index in [9.17, 15) is 4.39 Å². The molecule has 2 unspecified atom stereocenters. The lowest BCUT2D eigenvalue weighted by atomic mass is 10.2. The van der Waals surface area contributed by atoms with Crippen LogP contribution in [0.3, 0.4) is 0 Å². The second-order valence-electron chi connectivity index (χ2n) is 2.77. The molecule has 54 valence electrons. The van der Waals surface area contributed by atoms with Gasteiger partial charge in [-0.25, -0.2) is 4.39 Å². The molecule has 0 spiro atoms. The van der Waals surface area contributed by atoms with Crippen LogP contribution in [0, 0.1) is 0 Å². The van der Waals surface area contributed by atoms with E-state index in [-0.39, 0.29) is 0 Å². The quantitative estimate of drug-likeness (QED) is 0.520. The summed E-state index contributed by atoms with van der Waals surface area (Å²) in [5.41, 5.74) is 0. The predicted molar refractivity (Wildman–Crippen MR) is 36.2 cm³/mol. The maximum Gasteiger partial charge on any atom is 0.114 e. The van der Waals surface area contributed by atoms with Crippen molar-refractivity contribution in [2.75, 3.05) is 13.1 Å². The lowest BCUT2D eigenvalue weighted by Crippen LogP contribution is -2.26. The van der Waals surface area contributed by atoms with Crippen LogP contribution in [0.5, 0.6) is 0 Å². The first-order chi connectivity index (χ1) is 4.24. The van der Waals surface area contributed by atoms with Crippen molar-refractivity contribution in [3.8, 4) is 0 Å². The van der Waals surface area contributed by atoms with Gasteiger partial charge < -0.3 is 0 Å². The number of hydrogen-bond acceptors (Lipinski definition) is 1. The zero-order valence-electron chi connectivity index (χ0n) is 6.10. The normalized spacial score (nSPS) is 37.7. The Kier molecular flexibility index (Phi) is 2.06. The third-order valence-corrected chi connectivity index (χ3v) is 2.06. The molecule has 1 nitrogen and oxygen atoms in total. The Bertz CT molecular complexity index is 94.9. The van der Waals surface area contributed by atoms with Gasteiger partial charge in [-0.1, -0.05) is 6.92 Å². The predicted octanol–water partition coefficient (Wildman–Crippen LogP) is 1.44. The molecule has 2 heteroatoms. The van der Waals surface area contributed by atoms with Crippen molar-refractivity contribution in [2.45, 2.75) is 32.5 Å². The number of alkyl halides is 1. The zero-order chi connectivity index (χ0) is 6.85. The highest BCUT2D eigenvalue weighted by Crippen LogP contribution is 2.18. The summed E-state index contributed by atoms with van der Waals surface area (Å²) >= 11 is 0. The third-order valence-electron chi connectivity index (χ3n) is 2.06. The summed E-state index contributed by atoms with van der Waals surface area (Å²) in [5, 5.41) is 0. The number of halogens is 1. The monoisotopic (exact) mass is 131 g/mol. The van der Waals surface area contributed by atoms with Crippen LogP contribution in [0.1, 0.15) is 20.3 Å². The molecule has 0 aliphatic carbocycles. The highest BCUT2D eigenvalue weighted by Gasteiger charge is 2.26. The van der Waals surface area contributed by atoms with Gasteiger partial charge in [0.15, 0.2) is 0 Å². The van der Waals surface area contributed by atoms with Crippen molar-refractivity contribution >= 4 is 0 Å². The lowest BCUT2D eigenvalue weighted by Gasteiger charge is -2.16. The minimum absolute atomic E-state index is 0.463. The SMILES string of the molecule is CCN1CC(F)CC1C. The van der Waals surface area contributed by atoms with Crippen molar-refractivity contribution in [2.24, 2.45) is 0 Å². The largest absolute Gasteiger partial charge is 0.298 e. The molecular weight excluding hydrogens is 117 g/mol. The van der Waals surface area contributed by atoms with Gasteiger partial charge in [0.1, 0.15) is 6.17 Å². The Morgan fingerprint density at radius 3 is 2.56 bits per heavy atom. The number of nitrogens with zero attached hydrogens (tertiary/aromatic N) is 1. The summed E-state index contributed by atoms with van der Waals surface area (Å²) in [6, 6.07) is 0.463. The van der Waals surface area contributed by atoms with Gasteiger partial charge >= 0.3 is 0 Å². The Hall–Kier alpha value is -0.110. The van der Waals surface area contributed by atoms with Gasteiger partial charge in [0.25, 0.3) is 0 Å². The minimum atomic E-state index is -0.569. The van der Waals surface area contributed by atoms with Crippen LogP contribution < -0.4 is 0 Å². The van der Waals surface area contributed by atoms with Crippen LogP contribution in [0.4, 0.5) is 4.39 Å². The molecule has 0 aromatic carbocycles. The summed E-state index contributed by atoms with van der Waals surface area (Å²) < 4.78 is 12.6. The Morgan fingerprint density at radius 2 is 2.33 bits per heavy atom. The van der Waals surface area contributed by atoms with E-state index in [4.69, 9.17) is 0 Å². The van der Waals surface area contributed by atoms with Crippen molar-refractivity contribution in [3.63, 3.8) is 0 Å². The number of likely N-dealkylation sites (tertiary alicyclic amines) is 1. The van der Waals surface area contributed by atoms with E-state index in [0.29, 0.717) is 12.6 Å². The average Bonchev–Trinajstić information content (AvgIpc) is 2.10. The van der Waals surface area contributed by atoms with Crippen LogP contribution in [-0.4, -0.2) is 30.2 Å². The first-order valence-electron chi connectivity index (χ1n) is 3.62. The number of hydrogen-bond donors (Lipinski definition) is 0. The molecule has 1 saturated heterocycles. The Morgan fingerprint density at radius 1 is 1.67 bits per heavy atom. The average molecular weight is 131 g/mol. The molecule has 1 fully saturated rings. The molecule has 1 aliphatic rings. The topological polar surface area (TPSA) is 3.24 Å². The molecular formula is C7H14FN. The summed E-state index contributed by atoms with van der Waals surface area (Å²) in [7, 11) is 0. The van der Waals surface area contributed by atoms with E-state index in [2.05, 4.69) is 18.7 Å². The van der Waals surface area contributed by atoms with E-state index < -0.39 is 6.17 Å². The van der Waals surface area contributed by atoms with Crippen LogP contribution in [0.15, 0.2) is 0 Å². The second-order valence-corrected chi connectivity index (χ2v) is 2.77. The summed E-state index contributed by atoms with van der Waals surface area (Å²) in [6.45, 7) is 5.80. The number of rotatable bonds is 1. The van der Waals surface area contributed by atoms with Gasteiger partial charge in [-0.15, -0.1) is 0 Å². The molecule has 0 radical (unpaired) electrons. The van der Waals surface area contributed by atoms with Crippen LogP contribution >= 0.6 is 0 Å². The molecule has 1 rings (SSSR count). The van der Waals surface area contributed by atoms with Crippen LogP contribution in [0.25, 0.3) is 0 Å². The van der Waals surface area contributed by atoms with Gasteiger partial charge in [-0.2, -0.15) is 0 Å². The van der Waals surface area contributed by atoms with Crippen molar-refractivity contribution in [1.82, 2.24) is 4.90 Å². The molecule has 0 bridgehead atoms. The first kappa shape index (κ1) is 7.00. The summed E-state index contributed by atoms with van der Waals surface area (Å²) in [6.07, 6.45) is 0.161. The summed E-state index contributed by atoms with van der Waals surface area (Å²) in [5.74, 6) is 0. The van der Waals surface area contributed by atoms with Gasteiger partial charge in [-0.05, 0) is 19.9 Å². The maximum atomic E-state index is 12.6. The fraction of sp³-hybridized carbons (Fsp3) is 1.00. The van der Waals surface area contributed by atoms with Gasteiger partial charge in [0, 0.05) is 12.6 Å². The molecule has 0 N–H and O–H groups in total. The van der Waals surface area contributed by atoms with Crippen molar-refractivity contribution in [3.05, 3.63) is 0 Å². The zero-order valence-corrected chi connectivity index (χ0v) is 6.10. The molecule has 1 heterocycles. The molecule has 0 amide bonds. The smallest absolute Gasteiger partial charge is 0.114 e. The van der Waals surface area contributed by atoms with Crippen molar-refractivity contribution < 1.29 is 4.39 Å². The maximum absolute atomic E-state index is 12.6. The minimum Gasteiger partial charge on any atom is -0.298 e. The Balaban J connectivity index is 2.38.